The van der Waals surface area contributed by atoms with E-state index in [1.807, 2.05) is 13.8 Å². The number of nitrogens with two attached hydrogens (primary N) is 1. The van der Waals surface area contributed by atoms with Gasteiger partial charge in [0.2, 0.25) is 0 Å². The molecule has 4 N–H and O–H groups in total. The Kier molecular flexibility index (Phi) is 2.61. The maximum atomic E-state index is 11.8. The maximum Gasteiger partial charge on any atom is 0.274 e. The van der Waals surface area contributed by atoms with Crippen LogP contribution in [0, 0.1) is 5.92 Å². The number of carbonyl (C=O) groups is 1. The molecule has 1 fully saturated rings. The highest BCUT2D eigenvalue weighted by Crippen LogP contribution is 2.30. The van der Waals surface area contributed by atoms with Gasteiger partial charge in [-0.25, -0.2) is 0 Å². The minimum atomic E-state index is -0.171. The number of aromatic amines is 1. The van der Waals surface area contributed by atoms with Gasteiger partial charge in [-0.3, -0.25) is 9.89 Å². The fourth-order valence-electron chi connectivity index (χ4n) is 1.74. The summed E-state index contributed by atoms with van der Waals surface area (Å²) in [7, 11) is 0. The second kappa shape index (κ2) is 3.81. The Bertz CT molecular complexity index is 410. The van der Waals surface area contributed by atoms with Gasteiger partial charge >= 0.3 is 0 Å². The highest BCUT2D eigenvalue weighted by molar-refractivity contribution is 5.98. The van der Waals surface area contributed by atoms with Crippen molar-refractivity contribution in [3.8, 4) is 0 Å². The molecule has 16 heavy (non-hydrogen) atoms. The minimum Gasteiger partial charge on any atom is -0.395 e. The summed E-state index contributed by atoms with van der Waals surface area (Å²) in [5.41, 5.74) is 7.50. The highest BCUT2D eigenvalue weighted by atomic mass is 16.2. The van der Waals surface area contributed by atoms with Crippen molar-refractivity contribution in [3.05, 3.63) is 11.4 Å². The number of aromatic nitrogens is 2. The number of nitrogen functional groups attached to an aromatic ring is 1. The summed E-state index contributed by atoms with van der Waals surface area (Å²) in [6.07, 6.45) is 1.05. The van der Waals surface area contributed by atoms with E-state index in [-0.39, 0.29) is 11.8 Å². The minimum absolute atomic E-state index is 0.171. The fourth-order valence-corrected chi connectivity index (χ4v) is 1.74. The van der Waals surface area contributed by atoms with Crippen molar-refractivity contribution in [1.29, 1.82) is 0 Å². The molecule has 0 radical (unpaired) electrons. The van der Waals surface area contributed by atoms with Gasteiger partial charge in [0, 0.05) is 6.04 Å². The Morgan fingerprint density at radius 3 is 2.69 bits per heavy atom. The molecule has 1 heterocycles. The van der Waals surface area contributed by atoms with E-state index in [1.54, 1.807) is 0 Å². The summed E-state index contributed by atoms with van der Waals surface area (Å²) < 4.78 is 0. The summed E-state index contributed by atoms with van der Waals surface area (Å²) in [5, 5.41) is 9.72. The Balaban J connectivity index is 2.11. The van der Waals surface area contributed by atoms with Gasteiger partial charge in [0.25, 0.3) is 5.91 Å². The van der Waals surface area contributed by atoms with Crippen LogP contribution in [0.2, 0.25) is 0 Å². The molecule has 1 amide bonds. The molecule has 1 aromatic heterocycles. The number of amides is 1. The van der Waals surface area contributed by atoms with Gasteiger partial charge in [0.15, 0.2) is 5.69 Å². The van der Waals surface area contributed by atoms with Crippen LogP contribution >= 0.6 is 0 Å². The van der Waals surface area contributed by atoms with Crippen molar-refractivity contribution in [2.75, 3.05) is 5.73 Å². The van der Waals surface area contributed by atoms with E-state index in [9.17, 15) is 4.79 Å². The predicted octanol–water partition coefficient (Wildman–Crippen LogP) is 1.25. The number of nitrogens with one attached hydrogen (secondary N) is 2. The topological polar surface area (TPSA) is 83.8 Å². The van der Waals surface area contributed by atoms with E-state index < -0.39 is 0 Å². The Morgan fingerprint density at radius 2 is 2.25 bits per heavy atom. The molecular weight excluding hydrogens is 204 g/mol. The van der Waals surface area contributed by atoms with Gasteiger partial charge in [-0.1, -0.05) is 20.8 Å². The second-order valence-corrected chi connectivity index (χ2v) is 4.85. The third-order valence-corrected chi connectivity index (χ3v) is 3.05. The molecule has 0 aromatic carbocycles. The van der Waals surface area contributed by atoms with Crippen molar-refractivity contribution < 1.29 is 4.79 Å². The van der Waals surface area contributed by atoms with E-state index >= 15 is 0 Å². The number of carbonyl (C=O) groups excluding carboxylic acids is 1. The number of hydrogen-bond donors (Lipinski definition) is 3. The summed E-state index contributed by atoms with van der Waals surface area (Å²) in [6.45, 7) is 6.13. The van der Waals surface area contributed by atoms with Gasteiger partial charge in [-0.15, -0.1) is 0 Å². The number of nitrogens with zero attached hydrogens (tertiary/aromatic N) is 1. The van der Waals surface area contributed by atoms with Crippen LogP contribution in [0.4, 0.5) is 5.69 Å². The molecule has 5 heteroatoms. The van der Waals surface area contributed by atoms with Crippen molar-refractivity contribution in [1.82, 2.24) is 15.5 Å². The number of H-pyrrole nitrogens is 1. The number of hydrogen-bond acceptors (Lipinski definition) is 3. The third kappa shape index (κ3) is 1.89. The average molecular weight is 222 g/mol. The van der Waals surface area contributed by atoms with Crippen LogP contribution < -0.4 is 11.1 Å². The molecule has 0 saturated heterocycles. The molecule has 5 nitrogen and oxygen atoms in total. The molecule has 2 rings (SSSR count). The molecule has 0 spiro atoms. The summed E-state index contributed by atoms with van der Waals surface area (Å²) in [6, 6.07) is 0.297. The van der Waals surface area contributed by atoms with Crippen molar-refractivity contribution in [2.24, 2.45) is 5.92 Å². The lowest BCUT2D eigenvalue weighted by molar-refractivity contribution is 0.0945. The van der Waals surface area contributed by atoms with Gasteiger partial charge in [0.05, 0.1) is 11.4 Å². The van der Waals surface area contributed by atoms with Gasteiger partial charge < -0.3 is 11.1 Å². The van der Waals surface area contributed by atoms with Gasteiger partial charge in [-0.05, 0) is 18.3 Å². The Hall–Kier alpha value is -1.52. The standard InChI is InChI=1S/C11H18N4O/c1-5(2)9-8(12)10(15-14-9)11(16)13-7-4-6(7)3/h5-7H,4,12H2,1-3H3,(H,13,16)(H,14,15). The number of anilines is 1. The molecular formula is C11H18N4O. The normalized spacial score (nSPS) is 23.5. The zero-order valence-corrected chi connectivity index (χ0v) is 9.87. The smallest absolute Gasteiger partial charge is 0.274 e. The zero-order valence-electron chi connectivity index (χ0n) is 9.87. The molecule has 0 bridgehead atoms. The molecule has 1 aliphatic carbocycles. The van der Waals surface area contributed by atoms with E-state index in [1.165, 1.54) is 0 Å². The monoisotopic (exact) mass is 222 g/mol. The highest BCUT2D eigenvalue weighted by Gasteiger charge is 2.35. The molecule has 0 aliphatic heterocycles. The first kappa shape index (κ1) is 11.0. The van der Waals surface area contributed by atoms with Gasteiger partial charge in [-0.2, -0.15) is 5.10 Å². The predicted molar refractivity (Wildman–Crippen MR) is 62.1 cm³/mol. The van der Waals surface area contributed by atoms with Gasteiger partial charge in [0.1, 0.15) is 0 Å². The third-order valence-electron chi connectivity index (χ3n) is 3.05. The largest absolute Gasteiger partial charge is 0.395 e. The summed E-state index contributed by atoms with van der Waals surface area (Å²) in [5.74, 6) is 0.651. The molecule has 2 atom stereocenters. The molecule has 88 valence electrons. The average Bonchev–Trinajstić information content (AvgIpc) is 2.75. The van der Waals surface area contributed by atoms with E-state index in [0.29, 0.717) is 23.3 Å². The van der Waals surface area contributed by atoms with E-state index in [0.717, 1.165) is 12.1 Å². The van der Waals surface area contributed by atoms with Crippen LogP contribution in [0.1, 0.15) is 49.3 Å². The van der Waals surface area contributed by atoms with Crippen molar-refractivity contribution in [2.45, 2.75) is 39.2 Å². The van der Waals surface area contributed by atoms with E-state index in [2.05, 4.69) is 22.4 Å². The van der Waals surface area contributed by atoms with Crippen molar-refractivity contribution >= 4 is 11.6 Å². The first-order chi connectivity index (χ1) is 7.50. The summed E-state index contributed by atoms with van der Waals surface area (Å²) in [4.78, 5) is 11.8. The second-order valence-electron chi connectivity index (χ2n) is 4.85. The number of rotatable bonds is 3. The fraction of sp³-hybridized carbons (Fsp3) is 0.636. The Morgan fingerprint density at radius 1 is 1.62 bits per heavy atom. The first-order valence-electron chi connectivity index (χ1n) is 5.65. The SMILES string of the molecule is CC(C)c1[nH]nc(C(=O)NC2CC2C)c1N. The molecule has 1 aliphatic rings. The van der Waals surface area contributed by atoms with Crippen LogP contribution in [-0.2, 0) is 0 Å². The summed E-state index contributed by atoms with van der Waals surface area (Å²) >= 11 is 0. The van der Waals surface area contributed by atoms with Crippen LogP contribution in [0.15, 0.2) is 0 Å². The lowest BCUT2D eigenvalue weighted by atomic mass is 10.1. The first-order valence-corrected chi connectivity index (χ1v) is 5.65. The quantitative estimate of drug-likeness (QED) is 0.719. The van der Waals surface area contributed by atoms with Crippen molar-refractivity contribution in [3.63, 3.8) is 0 Å². The molecule has 2 unspecified atom stereocenters. The van der Waals surface area contributed by atoms with Crippen LogP contribution in [-0.4, -0.2) is 22.1 Å². The van der Waals surface area contributed by atoms with Crippen LogP contribution in [0.3, 0.4) is 0 Å². The van der Waals surface area contributed by atoms with E-state index in [4.69, 9.17) is 5.73 Å². The maximum absolute atomic E-state index is 11.8. The molecule has 1 aromatic rings. The van der Waals surface area contributed by atoms with Crippen LogP contribution in [0.25, 0.3) is 0 Å². The zero-order chi connectivity index (χ0) is 11.9. The molecule has 1 saturated carbocycles. The lowest BCUT2D eigenvalue weighted by Crippen LogP contribution is -2.27. The lowest BCUT2D eigenvalue weighted by Gasteiger charge is -2.03. The van der Waals surface area contributed by atoms with Crippen LogP contribution in [0.5, 0.6) is 0 Å². The Labute approximate surface area is 94.8 Å².